The molecule has 7 heteroatoms. The van der Waals surface area contributed by atoms with E-state index in [1.807, 2.05) is 20.2 Å². The van der Waals surface area contributed by atoms with Gasteiger partial charge in [0.15, 0.2) is 0 Å². The molecule has 2 amide bonds. The van der Waals surface area contributed by atoms with Gasteiger partial charge >= 0.3 is 12.0 Å². The predicted octanol–water partition coefficient (Wildman–Crippen LogP) is 0.989. The van der Waals surface area contributed by atoms with Crippen molar-refractivity contribution < 1.29 is 14.7 Å². The summed E-state index contributed by atoms with van der Waals surface area (Å²) in [6.07, 6.45) is 3.63. The van der Waals surface area contributed by atoms with Gasteiger partial charge in [0.2, 0.25) is 0 Å². The maximum Gasteiger partial charge on any atom is 0.317 e. The number of aromatic nitrogens is 2. The summed E-state index contributed by atoms with van der Waals surface area (Å²) in [7, 11) is 1.86. The van der Waals surface area contributed by atoms with Gasteiger partial charge in [-0.15, -0.1) is 0 Å². The summed E-state index contributed by atoms with van der Waals surface area (Å²) in [6.45, 7) is 3.63. The maximum absolute atomic E-state index is 12.1. The minimum Gasteiger partial charge on any atom is -0.481 e. The number of urea groups is 1. The number of aliphatic carboxylic acids is 1. The quantitative estimate of drug-likeness (QED) is 0.847. The van der Waals surface area contributed by atoms with Gasteiger partial charge in [0, 0.05) is 44.9 Å². The lowest BCUT2D eigenvalue weighted by Crippen LogP contribution is -2.38. The fourth-order valence-electron chi connectivity index (χ4n) is 2.74. The molecule has 0 radical (unpaired) electrons. The van der Waals surface area contributed by atoms with Crippen molar-refractivity contribution in [3.63, 3.8) is 0 Å². The number of carbonyl (C=O) groups excluding carboxylic acids is 1. The molecule has 0 saturated carbocycles. The molecule has 21 heavy (non-hydrogen) atoms. The van der Waals surface area contributed by atoms with Crippen LogP contribution in [-0.4, -0.2) is 44.9 Å². The minimum atomic E-state index is -0.801. The Kier molecular flexibility index (Phi) is 4.82. The first-order chi connectivity index (χ1) is 9.99. The lowest BCUT2D eigenvalue weighted by atomic mass is 10.1. The zero-order valence-corrected chi connectivity index (χ0v) is 12.5. The Labute approximate surface area is 123 Å². The molecule has 2 heterocycles. The normalized spacial score (nSPS) is 18.0. The molecule has 1 aliphatic heterocycles. The maximum atomic E-state index is 12.1. The summed E-state index contributed by atoms with van der Waals surface area (Å²) < 4.78 is 1.75. The largest absolute Gasteiger partial charge is 0.481 e. The van der Waals surface area contributed by atoms with Crippen LogP contribution in [0.15, 0.2) is 6.20 Å². The van der Waals surface area contributed by atoms with E-state index >= 15 is 0 Å². The minimum absolute atomic E-state index is 0.0674. The van der Waals surface area contributed by atoms with Crippen molar-refractivity contribution in [1.29, 1.82) is 0 Å². The van der Waals surface area contributed by atoms with Crippen molar-refractivity contribution in [3.05, 3.63) is 17.5 Å². The molecule has 1 atom stereocenters. The first-order valence-corrected chi connectivity index (χ1v) is 7.25. The Morgan fingerprint density at radius 2 is 2.29 bits per heavy atom. The summed E-state index contributed by atoms with van der Waals surface area (Å²) in [5, 5.41) is 16.0. The standard InChI is InChI=1S/C14H22N4O3/c1-3-12-11(9-17(2)16-12)7-15-14(21)18-5-4-10(8-18)6-13(19)20/h9-10H,3-8H2,1-2H3,(H,15,21)(H,19,20). The van der Waals surface area contributed by atoms with Gasteiger partial charge in [-0.25, -0.2) is 4.79 Å². The van der Waals surface area contributed by atoms with Gasteiger partial charge in [-0.2, -0.15) is 5.10 Å². The van der Waals surface area contributed by atoms with Crippen LogP contribution in [0, 0.1) is 5.92 Å². The van der Waals surface area contributed by atoms with Gasteiger partial charge in [-0.1, -0.05) is 6.92 Å². The number of hydrogen-bond donors (Lipinski definition) is 2. The van der Waals surface area contributed by atoms with Crippen molar-refractivity contribution in [3.8, 4) is 0 Å². The van der Waals surface area contributed by atoms with Gasteiger partial charge in [0.1, 0.15) is 0 Å². The third kappa shape index (κ3) is 3.96. The Balaban J connectivity index is 1.84. The van der Waals surface area contributed by atoms with E-state index in [1.165, 1.54) is 0 Å². The highest BCUT2D eigenvalue weighted by Crippen LogP contribution is 2.19. The second-order valence-electron chi connectivity index (χ2n) is 5.49. The molecule has 1 aromatic heterocycles. The topological polar surface area (TPSA) is 87.5 Å². The van der Waals surface area contributed by atoms with E-state index in [1.54, 1.807) is 9.58 Å². The molecule has 1 saturated heterocycles. The van der Waals surface area contributed by atoms with Crippen LogP contribution >= 0.6 is 0 Å². The first kappa shape index (κ1) is 15.3. The average molecular weight is 294 g/mol. The molecule has 1 unspecified atom stereocenters. The Morgan fingerprint density at radius 1 is 1.52 bits per heavy atom. The van der Waals surface area contributed by atoms with Gasteiger partial charge in [0.05, 0.1) is 5.69 Å². The Bertz CT molecular complexity index is 526. The van der Waals surface area contributed by atoms with Crippen LogP contribution in [0.3, 0.4) is 0 Å². The van der Waals surface area contributed by atoms with Crippen molar-refractivity contribution in [2.45, 2.75) is 32.7 Å². The molecule has 0 spiro atoms. The molecule has 2 rings (SSSR count). The van der Waals surface area contributed by atoms with Gasteiger partial charge in [0.25, 0.3) is 0 Å². The van der Waals surface area contributed by atoms with E-state index in [4.69, 9.17) is 5.11 Å². The zero-order valence-electron chi connectivity index (χ0n) is 12.5. The van der Waals surface area contributed by atoms with Gasteiger partial charge in [-0.05, 0) is 18.8 Å². The van der Waals surface area contributed by atoms with Crippen LogP contribution in [0.4, 0.5) is 4.79 Å². The third-order valence-corrected chi connectivity index (χ3v) is 3.79. The van der Waals surface area contributed by atoms with Crippen LogP contribution in [0.25, 0.3) is 0 Å². The van der Waals surface area contributed by atoms with E-state index in [0.29, 0.717) is 19.6 Å². The summed E-state index contributed by atoms with van der Waals surface area (Å²) in [6, 6.07) is -0.131. The molecule has 7 nitrogen and oxygen atoms in total. The van der Waals surface area contributed by atoms with E-state index in [2.05, 4.69) is 10.4 Å². The summed E-state index contributed by atoms with van der Waals surface area (Å²) >= 11 is 0. The monoisotopic (exact) mass is 294 g/mol. The SMILES string of the molecule is CCc1nn(C)cc1CNC(=O)N1CCC(CC(=O)O)C1. The third-order valence-electron chi connectivity index (χ3n) is 3.79. The molecule has 116 valence electrons. The molecule has 1 aromatic rings. The van der Waals surface area contributed by atoms with Crippen molar-refractivity contribution >= 4 is 12.0 Å². The number of carbonyl (C=O) groups is 2. The number of likely N-dealkylation sites (tertiary alicyclic amines) is 1. The number of carboxylic acids is 1. The van der Waals surface area contributed by atoms with Crippen molar-refractivity contribution in [2.24, 2.45) is 13.0 Å². The highest BCUT2D eigenvalue weighted by Gasteiger charge is 2.27. The Hall–Kier alpha value is -2.05. The Morgan fingerprint density at radius 3 is 2.95 bits per heavy atom. The van der Waals surface area contributed by atoms with Gasteiger partial charge in [-0.3, -0.25) is 9.48 Å². The van der Waals surface area contributed by atoms with Crippen molar-refractivity contribution in [2.75, 3.05) is 13.1 Å². The number of amides is 2. The van der Waals surface area contributed by atoms with Crippen LogP contribution in [-0.2, 0) is 24.8 Å². The molecule has 2 N–H and O–H groups in total. The molecular formula is C14H22N4O3. The first-order valence-electron chi connectivity index (χ1n) is 7.25. The molecule has 1 aliphatic rings. The number of hydrogen-bond acceptors (Lipinski definition) is 3. The number of nitrogens with one attached hydrogen (secondary N) is 1. The van der Waals surface area contributed by atoms with E-state index in [9.17, 15) is 9.59 Å². The molecule has 0 aromatic carbocycles. The van der Waals surface area contributed by atoms with E-state index < -0.39 is 5.97 Å². The fraction of sp³-hybridized carbons (Fsp3) is 0.643. The average Bonchev–Trinajstić information content (AvgIpc) is 3.01. The molecule has 0 aliphatic carbocycles. The summed E-state index contributed by atoms with van der Waals surface area (Å²) in [5.41, 5.74) is 2.01. The van der Waals surface area contributed by atoms with Crippen LogP contribution < -0.4 is 5.32 Å². The number of carboxylic acid groups (broad SMARTS) is 1. The van der Waals surface area contributed by atoms with Crippen molar-refractivity contribution in [1.82, 2.24) is 20.0 Å². The fourth-order valence-corrected chi connectivity index (χ4v) is 2.74. The van der Waals surface area contributed by atoms with Crippen LogP contribution in [0.1, 0.15) is 31.0 Å². The summed E-state index contributed by atoms with van der Waals surface area (Å²) in [5.74, 6) is -0.733. The smallest absolute Gasteiger partial charge is 0.317 e. The van der Waals surface area contributed by atoms with Gasteiger partial charge < -0.3 is 15.3 Å². The predicted molar refractivity (Wildman–Crippen MR) is 76.8 cm³/mol. The number of rotatable bonds is 5. The number of aryl methyl sites for hydroxylation is 2. The lowest BCUT2D eigenvalue weighted by molar-refractivity contribution is -0.138. The highest BCUT2D eigenvalue weighted by atomic mass is 16.4. The van der Waals surface area contributed by atoms with Crippen LogP contribution in [0.2, 0.25) is 0 Å². The second kappa shape index (κ2) is 6.60. The molecule has 0 bridgehead atoms. The molecular weight excluding hydrogens is 272 g/mol. The highest BCUT2D eigenvalue weighted by molar-refractivity contribution is 5.74. The lowest BCUT2D eigenvalue weighted by Gasteiger charge is -2.17. The van der Waals surface area contributed by atoms with Crippen LogP contribution in [0.5, 0.6) is 0 Å². The summed E-state index contributed by atoms with van der Waals surface area (Å²) in [4.78, 5) is 24.5. The van der Waals surface area contributed by atoms with E-state index in [-0.39, 0.29) is 18.4 Å². The zero-order chi connectivity index (χ0) is 15.4. The second-order valence-corrected chi connectivity index (χ2v) is 5.49. The van der Waals surface area contributed by atoms with E-state index in [0.717, 1.165) is 24.1 Å². The molecule has 1 fully saturated rings. The number of nitrogens with zero attached hydrogens (tertiary/aromatic N) is 3.